The Balaban J connectivity index is 1.55. The first-order chi connectivity index (χ1) is 6.86. The van der Waals surface area contributed by atoms with E-state index in [-0.39, 0.29) is 18.1 Å². The summed E-state index contributed by atoms with van der Waals surface area (Å²) in [5.41, 5.74) is 0. The molecule has 0 unspecified atom stereocenters. The van der Waals surface area contributed by atoms with E-state index in [1.165, 1.54) is 6.42 Å². The third kappa shape index (κ3) is 2.45. The summed E-state index contributed by atoms with van der Waals surface area (Å²) in [6.07, 6.45) is 3.98. The van der Waals surface area contributed by atoms with Crippen LogP contribution in [0.15, 0.2) is 0 Å². The minimum Gasteiger partial charge on any atom is -0.356 e. The maximum absolute atomic E-state index is 11.4. The van der Waals surface area contributed by atoms with Gasteiger partial charge in [-0.15, -0.1) is 0 Å². The smallest absolute Gasteiger partial charge is 0.223 e. The molecule has 2 aliphatic rings. The Kier molecular flexibility index (Phi) is 3.37. The van der Waals surface area contributed by atoms with Crippen LogP contribution in [0.4, 0.5) is 0 Å². The predicted octanol–water partition coefficient (Wildman–Crippen LogP) is 0.666. The van der Waals surface area contributed by atoms with Crippen LogP contribution in [-0.2, 0) is 14.3 Å². The van der Waals surface area contributed by atoms with Crippen LogP contribution in [0.25, 0.3) is 0 Å². The molecule has 80 valence electrons. The topological polar surface area (TPSA) is 47.6 Å². The normalized spacial score (nSPS) is 23.4. The lowest BCUT2D eigenvalue weighted by atomic mass is 9.85. The summed E-state index contributed by atoms with van der Waals surface area (Å²) in [4.78, 5) is 11.4. The van der Waals surface area contributed by atoms with E-state index < -0.39 is 0 Å². The second-order valence-electron chi connectivity index (χ2n) is 3.88. The Hall–Kier alpha value is -0.610. The van der Waals surface area contributed by atoms with Crippen molar-refractivity contribution in [2.75, 3.05) is 19.8 Å². The molecule has 0 bridgehead atoms. The lowest BCUT2D eigenvalue weighted by Gasteiger charge is -2.24. The number of hydrogen-bond donors (Lipinski definition) is 1. The minimum absolute atomic E-state index is 0.100. The fraction of sp³-hybridized carbons (Fsp3) is 0.900. The van der Waals surface area contributed by atoms with E-state index in [4.69, 9.17) is 9.47 Å². The van der Waals surface area contributed by atoms with Crippen molar-refractivity contribution < 1.29 is 14.3 Å². The molecule has 1 N–H and O–H groups in total. The van der Waals surface area contributed by atoms with Crippen molar-refractivity contribution in [1.82, 2.24) is 5.32 Å². The molecule has 4 nitrogen and oxygen atoms in total. The molecule has 0 aromatic carbocycles. The van der Waals surface area contributed by atoms with Gasteiger partial charge < -0.3 is 14.8 Å². The first-order valence-corrected chi connectivity index (χ1v) is 5.37. The summed E-state index contributed by atoms with van der Waals surface area (Å²) < 4.78 is 10.5. The zero-order valence-electron chi connectivity index (χ0n) is 8.33. The lowest BCUT2D eigenvalue weighted by molar-refractivity contribution is -0.127. The second-order valence-corrected chi connectivity index (χ2v) is 3.88. The highest BCUT2D eigenvalue weighted by atomic mass is 16.7. The molecule has 1 saturated carbocycles. The van der Waals surface area contributed by atoms with Gasteiger partial charge in [-0.2, -0.15) is 0 Å². The van der Waals surface area contributed by atoms with Gasteiger partial charge in [0.25, 0.3) is 0 Å². The highest BCUT2D eigenvalue weighted by Crippen LogP contribution is 2.26. The molecule has 1 saturated heterocycles. The van der Waals surface area contributed by atoms with Crippen molar-refractivity contribution in [2.24, 2.45) is 5.92 Å². The van der Waals surface area contributed by atoms with E-state index in [9.17, 15) is 4.79 Å². The average Bonchev–Trinajstić information content (AvgIpc) is 2.53. The summed E-state index contributed by atoms with van der Waals surface area (Å²) in [5.74, 6) is 0.481. The summed E-state index contributed by atoms with van der Waals surface area (Å²) >= 11 is 0. The summed E-state index contributed by atoms with van der Waals surface area (Å²) in [7, 11) is 0. The zero-order valence-corrected chi connectivity index (χ0v) is 8.33. The Labute approximate surface area is 84.0 Å². The van der Waals surface area contributed by atoms with Crippen LogP contribution in [0.2, 0.25) is 0 Å². The van der Waals surface area contributed by atoms with Gasteiger partial charge in [-0.3, -0.25) is 4.79 Å². The Bertz CT molecular complexity index is 198. The van der Waals surface area contributed by atoms with Crippen molar-refractivity contribution in [3.63, 3.8) is 0 Å². The molecule has 0 aromatic rings. The van der Waals surface area contributed by atoms with E-state index >= 15 is 0 Å². The number of ether oxygens (including phenoxy) is 2. The third-order valence-corrected chi connectivity index (χ3v) is 2.85. The van der Waals surface area contributed by atoms with Gasteiger partial charge in [0.05, 0.1) is 13.2 Å². The molecule has 0 radical (unpaired) electrons. The van der Waals surface area contributed by atoms with Gasteiger partial charge in [-0.25, -0.2) is 0 Å². The van der Waals surface area contributed by atoms with Gasteiger partial charge in [0.15, 0.2) is 6.29 Å². The standard InChI is InChI=1S/C10H17NO3/c12-10(8-2-1-3-8)11-5-4-9-13-6-7-14-9/h8-9H,1-7H2,(H,11,12). The number of nitrogens with one attached hydrogen (secondary N) is 1. The average molecular weight is 199 g/mol. The lowest BCUT2D eigenvalue weighted by Crippen LogP contribution is -2.36. The SMILES string of the molecule is O=C(NCCC1OCCO1)C1CCC1. The van der Waals surface area contributed by atoms with Crippen molar-refractivity contribution in [3.05, 3.63) is 0 Å². The van der Waals surface area contributed by atoms with Crippen molar-refractivity contribution >= 4 is 5.91 Å². The van der Waals surface area contributed by atoms with Crippen LogP contribution >= 0.6 is 0 Å². The summed E-state index contributed by atoms with van der Waals surface area (Å²) in [6, 6.07) is 0. The van der Waals surface area contributed by atoms with E-state index in [0.29, 0.717) is 19.8 Å². The van der Waals surface area contributed by atoms with Crippen LogP contribution in [-0.4, -0.2) is 32.0 Å². The quantitative estimate of drug-likeness (QED) is 0.723. The maximum atomic E-state index is 11.4. The largest absolute Gasteiger partial charge is 0.356 e. The molecule has 14 heavy (non-hydrogen) atoms. The number of carbonyl (C=O) groups excluding carboxylic acids is 1. The van der Waals surface area contributed by atoms with Gasteiger partial charge in [-0.1, -0.05) is 6.42 Å². The van der Waals surface area contributed by atoms with Gasteiger partial charge in [-0.05, 0) is 12.8 Å². The van der Waals surface area contributed by atoms with E-state index in [1.807, 2.05) is 0 Å². The molecule has 0 spiro atoms. The Morgan fingerprint density at radius 2 is 2.00 bits per heavy atom. The molecule has 4 heteroatoms. The second kappa shape index (κ2) is 4.75. The predicted molar refractivity (Wildman–Crippen MR) is 50.7 cm³/mol. The number of rotatable bonds is 4. The van der Waals surface area contributed by atoms with Crippen LogP contribution in [0.3, 0.4) is 0 Å². The van der Waals surface area contributed by atoms with Gasteiger partial charge >= 0.3 is 0 Å². The number of hydrogen-bond acceptors (Lipinski definition) is 3. The van der Waals surface area contributed by atoms with E-state index in [1.54, 1.807) is 0 Å². The van der Waals surface area contributed by atoms with E-state index in [2.05, 4.69) is 5.32 Å². The zero-order chi connectivity index (χ0) is 9.80. The van der Waals surface area contributed by atoms with Crippen LogP contribution in [0.5, 0.6) is 0 Å². The van der Waals surface area contributed by atoms with Crippen molar-refractivity contribution in [1.29, 1.82) is 0 Å². The molecular formula is C10H17NO3. The maximum Gasteiger partial charge on any atom is 0.223 e. The van der Waals surface area contributed by atoms with E-state index in [0.717, 1.165) is 19.3 Å². The van der Waals surface area contributed by atoms with Crippen LogP contribution in [0, 0.1) is 5.92 Å². The first-order valence-electron chi connectivity index (χ1n) is 5.37. The van der Waals surface area contributed by atoms with Crippen molar-refractivity contribution in [3.8, 4) is 0 Å². The van der Waals surface area contributed by atoms with Crippen LogP contribution in [0.1, 0.15) is 25.7 Å². The Morgan fingerprint density at radius 1 is 1.29 bits per heavy atom. The van der Waals surface area contributed by atoms with Crippen LogP contribution < -0.4 is 5.32 Å². The van der Waals surface area contributed by atoms with Gasteiger partial charge in [0.2, 0.25) is 5.91 Å². The molecule has 1 aliphatic heterocycles. The first kappa shape index (κ1) is 9.93. The number of carbonyl (C=O) groups is 1. The number of amides is 1. The summed E-state index contributed by atoms with van der Waals surface area (Å²) in [5, 5.41) is 2.91. The monoisotopic (exact) mass is 199 g/mol. The highest BCUT2D eigenvalue weighted by molar-refractivity contribution is 5.79. The molecule has 0 aromatic heterocycles. The minimum atomic E-state index is -0.100. The molecule has 0 atom stereocenters. The molecule has 1 heterocycles. The highest BCUT2D eigenvalue weighted by Gasteiger charge is 2.25. The molecule has 1 aliphatic carbocycles. The molecule has 2 fully saturated rings. The fourth-order valence-electron chi connectivity index (χ4n) is 1.70. The third-order valence-electron chi connectivity index (χ3n) is 2.85. The Morgan fingerprint density at radius 3 is 2.57 bits per heavy atom. The van der Waals surface area contributed by atoms with Gasteiger partial charge in [0.1, 0.15) is 0 Å². The molecular weight excluding hydrogens is 182 g/mol. The molecule has 1 amide bonds. The molecule has 2 rings (SSSR count). The fourth-order valence-corrected chi connectivity index (χ4v) is 1.70. The van der Waals surface area contributed by atoms with Gasteiger partial charge in [0, 0.05) is 18.9 Å². The van der Waals surface area contributed by atoms with Crippen molar-refractivity contribution in [2.45, 2.75) is 32.0 Å². The summed E-state index contributed by atoms with van der Waals surface area (Å²) in [6.45, 7) is 2.03.